The van der Waals surface area contributed by atoms with Crippen molar-refractivity contribution >= 4 is 21.6 Å². The molecule has 2 nitrogen and oxygen atoms in total. The molecule has 1 aliphatic heterocycles. The van der Waals surface area contributed by atoms with E-state index in [9.17, 15) is 0 Å². The van der Waals surface area contributed by atoms with Crippen molar-refractivity contribution in [1.29, 1.82) is 0 Å². The number of hydrogen-bond donors (Lipinski definition) is 1. The molecule has 0 radical (unpaired) electrons. The van der Waals surface area contributed by atoms with Crippen LogP contribution in [-0.4, -0.2) is 19.6 Å². The zero-order valence-corrected chi connectivity index (χ0v) is 14.5. The molecule has 0 aliphatic carbocycles. The van der Waals surface area contributed by atoms with Crippen LogP contribution in [0.5, 0.6) is 0 Å². The Morgan fingerprint density at radius 1 is 1.30 bits per heavy atom. The van der Waals surface area contributed by atoms with E-state index in [2.05, 4.69) is 65.1 Å². The normalized spacial score (nSPS) is 16.9. The van der Waals surface area contributed by atoms with E-state index in [4.69, 9.17) is 0 Å². The molecule has 1 aromatic carbocycles. The molecule has 112 valence electrons. The van der Waals surface area contributed by atoms with Gasteiger partial charge in [0.05, 0.1) is 5.69 Å². The number of nitrogens with zero attached hydrogens (tertiary/aromatic N) is 1. The number of rotatable bonds is 5. The number of benzene rings is 1. The number of piperidine rings is 1. The molecule has 1 N–H and O–H groups in total. The maximum absolute atomic E-state index is 3.75. The Balaban J connectivity index is 1.99. The van der Waals surface area contributed by atoms with Crippen LogP contribution in [0.3, 0.4) is 0 Å². The second kappa shape index (κ2) is 7.46. The highest BCUT2D eigenvalue weighted by Crippen LogP contribution is 2.32. The molecule has 1 heterocycles. The molecule has 1 aliphatic rings. The summed E-state index contributed by atoms with van der Waals surface area (Å²) in [6.07, 6.45) is 2.65. The third-order valence-electron chi connectivity index (χ3n) is 4.41. The molecule has 0 unspecified atom stereocenters. The lowest BCUT2D eigenvalue weighted by Gasteiger charge is -2.36. The summed E-state index contributed by atoms with van der Waals surface area (Å²) >= 11 is 3.75. The molecule has 1 fully saturated rings. The van der Waals surface area contributed by atoms with E-state index >= 15 is 0 Å². The van der Waals surface area contributed by atoms with E-state index in [0.717, 1.165) is 24.9 Å². The summed E-state index contributed by atoms with van der Waals surface area (Å²) in [5.41, 5.74) is 2.70. The van der Waals surface area contributed by atoms with Gasteiger partial charge in [-0.1, -0.05) is 26.8 Å². The molecule has 0 aromatic heterocycles. The first kappa shape index (κ1) is 15.8. The predicted molar refractivity (Wildman–Crippen MR) is 91.3 cm³/mol. The Morgan fingerprint density at radius 3 is 2.55 bits per heavy atom. The van der Waals surface area contributed by atoms with Crippen molar-refractivity contribution in [3.63, 3.8) is 0 Å². The third kappa shape index (κ3) is 3.98. The predicted octanol–water partition coefficient (Wildman–Crippen LogP) is 4.43. The minimum atomic E-state index is 0.822. The molecule has 3 heteroatoms. The van der Waals surface area contributed by atoms with Crippen molar-refractivity contribution in [2.75, 3.05) is 24.5 Å². The summed E-state index contributed by atoms with van der Waals surface area (Å²) < 4.78 is 1.23. The van der Waals surface area contributed by atoms with Gasteiger partial charge in [0, 0.05) is 24.1 Å². The maximum Gasteiger partial charge on any atom is 0.0510 e. The molecule has 0 amide bonds. The lowest BCUT2D eigenvalue weighted by Crippen LogP contribution is -2.35. The molecule has 0 atom stereocenters. The Kier molecular flexibility index (Phi) is 5.91. The van der Waals surface area contributed by atoms with Crippen LogP contribution in [0.4, 0.5) is 5.69 Å². The summed E-state index contributed by atoms with van der Waals surface area (Å²) in [6.45, 7) is 11.2. The second-order valence-corrected chi connectivity index (χ2v) is 6.99. The van der Waals surface area contributed by atoms with E-state index in [1.165, 1.54) is 41.7 Å². The molecule has 1 aromatic rings. The lowest BCUT2D eigenvalue weighted by atomic mass is 9.86. The topological polar surface area (TPSA) is 15.3 Å². The zero-order valence-electron chi connectivity index (χ0n) is 13.0. The van der Waals surface area contributed by atoms with Crippen LogP contribution in [0.25, 0.3) is 0 Å². The second-order valence-electron chi connectivity index (χ2n) is 6.13. The molecule has 0 bridgehead atoms. The average Bonchev–Trinajstić information content (AvgIpc) is 2.45. The fourth-order valence-electron chi connectivity index (χ4n) is 2.99. The molecule has 1 saturated heterocycles. The largest absolute Gasteiger partial charge is 0.371 e. The Bertz CT molecular complexity index is 423. The van der Waals surface area contributed by atoms with E-state index in [0.29, 0.717) is 0 Å². The Morgan fingerprint density at radius 2 is 2.00 bits per heavy atom. The monoisotopic (exact) mass is 338 g/mol. The zero-order chi connectivity index (χ0) is 14.5. The van der Waals surface area contributed by atoms with E-state index < -0.39 is 0 Å². The van der Waals surface area contributed by atoms with Gasteiger partial charge >= 0.3 is 0 Å². The van der Waals surface area contributed by atoms with Gasteiger partial charge < -0.3 is 10.2 Å². The van der Waals surface area contributed by atoms with Gasteiger partial charge in [0.2, 0.25) is 0 Å². The van der Waals surface area contributed by atoms with Gasteiger partial charge in [-0.2, -0.15) is 0 Å². The summed E-state index contributed by atoms with van der Waals surface area (Å²) in [6, 6.07) is 6.77. The van der Waals surface area contributed by atoms with Crippen LogP contribution in [0.2, 0.25) is 0 Å². The number of hydrogen-bond acceptors (Lipinski definition) is 2. The molecular weight excluding hydrogens is 312 g/mol. The van der Waals surface area contributed by atoms with Crippen LogP contribution in [0, 0.1) is 11.8 Å². The number of halogens is 1. The van der Waals surface area contributed by atoms with Gasteiger partial charge in [-0.25, -0.2) is 0 Å². The van der Waals surface area contributed by atoms with Crippen LogP contribution in [-0.2, 0) is 6.54 Å². The summed E-state index contributed by atoms with van der Waals surface area (Å²) in [5.74, 6) is 1.72. The van der Waals surface area contributed by atoms with Gasteiger partial charge in [0.1, 0.15) is 0 Å². The summed E-state index contributed by atoms with van der Waals surface area (Å²) in [4.78, 5) is 2.53. The summed E-state index contributed by atoms with van der Waals surface area (Å²) in [5, 5.41) is 3.37. The van der Waals surface area contributed by atoms with Gasteiger partial charge in [0.15, 0.2) is 0 Å². The maximum atomic E-state index is 3.75. The molecule has 2 rings (SSSR count). The highest BCUT2D eigenvalue weighted by Gasteiger charge is 2.22. The first-order valence-electron chi connectivity index (χ1n) is 7.86. The Hall–Kier alpha value is -0.540. The van der Waals surface area contributed by atoms with Crippen LogP contribution in [0.15, 0.2) is 22.7 Å². The van der Waals surface area contributed by atoms with Crippen molar-refractivity contribution < 1.29 is 0 Å². The lowest BCUT2D eigenvalue weighted by molar-refractivity contribution is 0.311. The van der Waals surface area contributed by atoms with Crippen molar-refractivity contribution in [3.05, 3.63) is 28.2 Å². The fraction of sp³-hybridized carbons (Fsp3) is 0.647. The SMILES string of the molecule is CCNCc1ccc(N2CCC(C(C)C)CC2)c(Br)c1. The van der Waals surface area contributed by atoms with Crippen LogP contribution in [0.1, 0.15) is 39.2 Å². The average molecular weight is 339 g/mol. The standard InChI is InChI=1S/C17H27BrN2/c1-4-19-12-14-5-6-17(16(18)11-14)20-9-7-15(8-10-20)13(2)3/h5-6,11,13,15,19H,4,7-10,12H2,1-3H3. The quantitative estimate of drug-likeness (QED) is 0.854. The molecular formula is C17H27BrN2. The minimum absolute atomic E-state index is 0.822. The van der Waals surface area contributed by atoms with E-state index in [1.54, 1.807) is 0 Å². The van der Waals surface area contributed by atoms with Crippen LogP contribution >= 0.6 is 15.9 Å². The number of nitrogens with one attached hydrogen (secondary N) is 1. The smallest absolute Gasteiger partial charge is 0.0510 e. The first-order chi connectivity index (χ1) is 9.61. The van der Waals surface area contributed by atoms with Gasteiger partial charge in [-0.3, -0.25) is 0 Å². The minimum Gasteiger partial charge on any atom is -0.371 e. The van der Waals surface area contributed by atoms with Crippen molar-refractivity contribution in [2.45, 2.75) is 40.2 Å². The highest BCUT2D eigenvalue weighted by atomic mass is 79.9. The van der Waals surface area contributed by atoms with Crippen molar-refractivity contribution in [1.82, 2.24) is 5.32 Å². The van der Waals surface area contributed by atoms with E-state index in [-0.39, 0.29) is 0 Å². The van der Waals surface area contributed by atoms with Gasteiger partial charge in [-0.05, 0) is 64.8 Å². The van der Waals surface area contributed by atoms with Crippen LogP contribution < -0.4 is 10.2 Å². The molecule has 0 spiro atoms. The van der Waals surface area contributed by atoms with Crippen molar-refractivity contribution in [3.8, 4) is 0 Å². The van der Waals surface area contributed by atoms with Gasteiger partial charge in [-0.15, -0.1) is 0 Å². The Labute approximate surface area is 132 Å². The fourth-order valence-corrected chi connectivity index (χ4v) is 3.67. The third-order valence-corrected chi connectivity index (χ3v) is 5.05. The molecule has 0 saturated carbocycles. The first-order valence-corrected chi connectivity index (χ1v) is 8.65. The van der Waals surface area contributed by atoms with Crippen molar-refractivity contribution in [2.24, 2.45) is 11.8 Å². The summed E-state index contributed by atoms with van der Waals surface area (Å²) in [7, 11) is 0. The highest BCUT2D eigenvalue weighted by molar-refractivity contribution is 9.10. The molecule has 20 heavy (non-hydrogen) atoms. The van der Waals surface area contributed by atoms with Gasteiger partial charge in [0.25, 0.3) is 0 Å². The van der Waals surface area contributed by atoms with E-state index in [1.807, 2.05) is 0 Å². The number of anilines is 1.